The van der Waals surface area contributed by atoms with Crippen LogP contribution in [0.4, 0.5) is 0 Å². The maximum Gasteiger partial charge on any atom is 0.222 e. The minimum atomic E-state index is -0.139. The lowest BCUT2D eigenvalue weighted by molar-refractivity contribution is -0.109. The molecule has 3 heteroatoms. The van der Waals surface area contributed by atoms with Crippen LogP contribution in [0.5, 0.6) is 0 Å². The largest absolute Gasteiger partial charge is 0.286 e. The smallest absolute Gasteiger partial charge is 0.222 e. The van der Waals surface area contributed by atoms with Crippen molar-refractivity contribution < 1.29 is 4.79 Å². The first-order valence-electron chi connectivity index (χ1n) is 1.83. The van der Waals surface area contributed by atoms with E-state index in [0.29, 0.717) is 5.70 Å². The van der Waals surface area contributed by atoms with Gasteiger partial charge in [-0.3, -0.25) is 10.2 Å². The Morgan fingerprint density at radius 2 is 2.57 bits per heavy atom. The summed E-state index contributed by atoms with van der Waals surface area (Å²) in [6, 6.07) is 0. The van der Waals surface area contributed by atoms with Gasteiger partial charge < -0.3 is 0 Å². The topological polar surface area (TPSA) is 41.5 Å². The first-order chi connectivity index (χ1) is 3.30. The fourth-order valence-corrected chi connectivity index (χ4v) is 0.302. The van der Waals surface area contributed by atoms with Gasteiger partial charge in [0, 0.05) is 0 Å². The van der Waals surface area contributed by atoms with Gasteiger partial charge in [-0.25, -0.2) is 0 Å². The number of rotatable bonds is 0. The monoisotopic (exact) mass is 96.0 g/mol. The molecule has 0 unspecified atom stereocenters. The van der Waals surface area contributed by atoms with Crippen molar-refractivity contribution in [2.75, 3.05) is 0 Å². The van der Waals surface area contributed by atoms with E-state index in [1.54, 1.807) is 0 Å². The number of carbonyl (C=O) groups is 1. The van der Waals surface area contributed by atoms with Gasteiger partial charge in [-0.05, 0) is 0 Å². The highest BCUT2D eigenvalue weighted by Crippen LogP contribution is 1.89. The molecule has 1 N–H and O–H groups in total. The average Bonchev–Trinajstić information content (AvgIpc) is 1.91. The molecule has 0 bridgehead atoms. The third-order valence-corrected chi connectivity index (χ3v) is 0.679. The quantitative estimate of drug-likeness (QED) is 0.419. The van der Waals surface area contributed by atoms with Crippen molar-refractivity contribution in [3.8, 4) is 0 Å². The number of nitrogens with one attached hydrogen (secondary N) is 1. The van der Waals surface area contributed by atoms with Crippen LogP contribution in [0.25, 0.3) is 0 Å². The summed E-state index contributed by atoms with van der Waals surface area (Å²) in [6.07, 6.45) is 1.20. The SMILES string of the molecule is C=C1NN=CC1=O. The number of carbonyl (C=O) groups excluding carboxylic acids is 1. The Hall–Kier alpha value is -1.12. The van der Waals surface area contributed by atoms with Crippen molar-refractivity contribution in [3.05, 3.63) is 12.3 Å². The third-order valence-electron chi connectivity index (χ3n) is 0.679. The number of hydrogen-bond acceptors (Lipinski definition) is 3. The van der Waals surface area contributed by atoms with Gasteiger partial charge in [0.2, 0.25) is 5.78 Å². The minimum Gasteiger partial charge on any atom is -0.286 e. The van der Waals surface area contributed by atoms with Gasteiger partial charge in [0.1, 0.15) is 0 Å². The van der Waals surface area contributed by atoms with E-state index in [4.69, 9.17) is 0 Å². The number of nitrogens with zero attached hydrogens (tertiary/aromatic N) is 1. The molecule has 0 aromatic heterocycles. The fraction of sp³-hybridized carbons (Fsp3) is 0. The van der Waals surface area contributed by atoms with Crippen LogP contribution in [0, 0.1) is 0 Å². The highest BCUT2D eigenvalue weighted by atomic mass is 16.1. The maximum absolute atomic E-state index is 10.3. The Morgan fingerprint density at radius 3 is 2.71 bits per heavy atom. The number of ketones is 1. The zero-order valence-corrected chi connectivity index (χ0v) is 3.64. The predicted octanol–water partition coefficient (Wildman–Crippen LogP) is -0.342. The molecule has 1 heterocycles. The highest BCUT2D eigenvalue weighted by molar-refractivity contribution is 6.36. The van der Waals surface area contributed by atoms with Gasteiger partial charge in [-0.15, -0.1) is 0 Å². The van der Waals surface area contributed by atoms with Crippen LogP contribution < -0.4 is 5.43 Å². The molecule has 0 saturated carbocycles. The number of Topliss-reactive ketones (excluding diaryl/α,β-unsaturated/α-hetero) is 1. The van der Waals surface area contributed by atoms with Crippen LogP contribution in [0.15, 0.2) is 17.4 Å². The lowest BCUT2D eigenvalue weighted by Gasteiger charge is -1.83. The summed E-state index contributed by atoms with van der Waals surface area (Å²) >= 11 is 0. The van der Waals surface area contributed by atoms with Crippen LogP contribution >= 0.6 is 0 Å². The maximum atomic E-state index is 10.3. The van der Waals surface area contributed by atoms with Gasteiger partial charge in [0.15, 0.2) is 0 Å². The molecule has 0 spiro atoms. The van der Waals surface area contributed by atoms with Crippen LogP contribution in [0.3, 0.4) is 0 Å². The Balaban J connectivity index is 2.81. The van der Waals surface area contributed by atoms with Crippen molar-refractivity contribution >= 4 is 12.0 Å². The second-order valence-corrected chi connectivity index (χ2v) is 1.21. The summed E-state index contributed by atoms with van der Waals surface area (Å²) in [5.41, 5.74) is 2.74. The van der Waals surface area contributed by atoms with Crippen molar-refractivity contribution in [1.29, 1.82) is 0 Å². The summed E-state index contributed by atoms with van der Waals surface area (Å²) in [5.74, 6) is -0.139. The minimum absolute atomic E-state index is 0.139. The summed E-state index contributed by atoms with van der Waals surface area (Å²) in [7, 11) is 0. The molecule has 0 saturated heterocycles. The van der Waals surface area contributed by atoms with Crippen LogP contribution in [-0.4, -0.2) is 12.0 Å². The molecule has 3 nitrogen and oxygen atoms in total. The standard InChI is InChI=1S/C4H4N2O/c1-3-4(7)2-5-6-3/h2,6H,1H2. The molecule has 0 aromatic carbocycles. The molecular weight excluding hydrogens is 92.1 g/mol. The summed E-state index contributed by atoms with van der Waals surface area (Å²) in [4.78, 5) is 10.3. The average molecular weight is 96.1 g/mol. The van der Waals surface area contributed by atoms with E-state index >= 15 is 0 Å². The lowest BCUT2D eigenvalue weighted by Crippen LogP contribution is -2.03. The van der Waals surface area contributed by atoms with Crippen molar-refractivity contribution in [1.82, 2.24) is 5.43 Å². The summed E-state index contributed by atoms with van der Waals surface area (Å²) in [6.45, 7) is 3.35. The van der Waals surface area contributed by atoms with Crippen LogP contribution in [0.2, 0.25) is 0 Å². The summed E-state index contributed by atoms with van der Waals surface area (Å²) in [5, 5.41) is 3.42. The molecule has 0 aromatic rings. The van der Waals surface area contributed by atoms with Gasteiger partial charge in [0.05, 0.1) is 11.9 Å². The molecule has 0 radical (unpaired) electrons. The first-order valence-corrected chi connectivity index (χ1v) is 1.83. The second-order valence-electron chi connectivity index (χ2n) is 1.21. The molecule has 36 valence electrons. The van der Waals surface area contributed by atoms with Gasteiger partial charge in [-0.1, -0.05) is 6.58 Å². The highest BCUT2D eigenvalue weighted by Gasteiger charge is 2.06. The molecule has 1 rings (SSSR count). The first kappa shape index (κ1) is 4.05. The van der Waals surface area contributed by atoms with Gasteiger partial charge in [0.25, 0.3) is 0 Å². The molecule has 7 heavy (non-hydrogen) atoms. The molecule has 0 fully saturated rings. The zero-order valence-electron chi connectivity index (χ0n) is 3.64. The Labute approximate surface area is 40.7 Å². The second kappa shape index (κ2) is 1.18. The third kappa shape index (κ3) is 0.513. The molecule has 1 aliphatic heterocycles. The van der Waals surface area contributed by atoms with Gasteiger partial charge >= 0.3 is 0 Å². The van der Waals surface area contributed by atoms with E-state index < -0.39 is 0 Å². The zero-order chi connectivity index (χ0) is 5.28. The van der Waals surface area contributed by atoms with E-state index in [0.717, 1.165) is 0 Å². The van der Waals surface area contributed by atoms with Crippen LogP contribution in [-0.2, 0) is 4.79 Å². The Bertz CT molecular complexity index is 148. The number of allylic oxidation sites excluding steroid dienone is 1. The van der Waals surface area contributed by atoms with Crippen molar-refractivity contribution in [3.63, 3.8) is 0 Å². The Kier molecular flexibility index (Phi) is 0.685. The van der Waals surface area contributed by atoms with E-state index in [9.17, 15) is 4.79 Å². The predicted molar refractivity (Wildman–Crippen MR) is 25.8 cm³/mol. The molecule has 0 aliphatic carbocycles. The van der Waals surface area contributed by atoms with Gasteiger partial charge in [-0.2, -0.15) is 5.10 Å². The number of hydrazone groups is 1. The molecule has 0 atom stereocenters. The van der Waals surface area contributed by atoms with E-state index in [1.807, 2.05) is 0 Å². The van der Waals surface area contributed by atoms with Crippen LogP contribution in [0.1, 0.15) is 0 Å². The Morgan fingerprint density at radius 1 is 1.86 bits per heavy atom. The van der Waals surface area contributed by atoms with Crippen molar-refractivity contribution in [2.24, 2.45) is 5.10 Å². The van der Waals surface area contributed by atoms with E-state index in [-0.39, 0.29) is 5.78 Å². The van der Waals surface area contributed by atoms with Crippen molar-refractivity contribution in [2.45, 2.75) is 0 Å². The molecule has 1 aliphatic rings. The number of hydrogen-bond donors (Lipinski definition) is 1. The summed E-state index contributed by atoms with van der Waals surface area (Å²) < 4.78 is 0. The molecular formula is C4H4N2O. The normalized spacial score (nSPS) is 17.7. The molecule has 0 amide bonds. The lowest BCUT2D eigenvalue weighted by atomic mass is 10.4. The fourth-order valence-electron chi connectivity index (χ4n) is 0.302. The van der Waals surface area contributed by atoms with E-state index in [1.165, 1.54) is 6.21 Å². The van der Waals surface area contributed by atoms with E-state index in [2.05, 4.69) is 17.1 Å².